The van der Waals surface area contributed by atoms with E-state index in [2.05, 4.69) is 11.9 Å². The summed E-state index contributed by atoms with van der Waals surface area (Å²) in [7, 11) is 2.12. The van der Waals surface area contributed by atoms with Crippen LogP contribution < -0.4 is 4.74 Å². The van der Waals surface area contributed by atoms with E-state index >= 15 is 0 Å². The van der Waals surface area contributed by atoms with Gasteiger partial charge in [0.15, 0.2) is 0 Å². The minimum Gasteiger partial charge on any atom is -0.492 e. The van der Waals surface area contributed by atoms with E-state index in [1.165, 1.54) is 12.8 Å². The third kappa shape index (κ3) is 4.04. The van der Waals surface area contributed by atoms with E-state index in [1.807, 2.05) is 12.1 Å². The van der Waals surface area contributed by atoms with E-state index in [0.717, 1.165) is 23.9 Å². The first-order valence-corrected chi connectivity index (χ1v) is 6.29. The standard InChI is InChI=1S/C14H19NO3/c1-15(12-4-5-12)8-9-18-13-6-2-11(3-7-13)10-14(16)17/h2-3,6-7,12H,4-5,8-10H2,1H3,(H,16,17). The van der Waals surface area contributed by atoms with Gasteiger partial charge in [0.25, 0.3) is 0 Å². The van der Waals surface area contributed by atoms with Gasteiger partial charge in [-0.15, -0.1) is 0 Å². The Bertz CT molecular complexity index is 398. The van der Waals surface area contributed by atoms with Gasteiger partial charge < -0.3 is 14.7 Å². The van der Waals surface area contributed by atoms with Crippen LogP contribution in [-0.4, -0.2) is 42.2 Å². The largest absolute Gasteiger partial charge is 0.492 e. The fourth-order valence-electron chi connectivity index (χ4n) is 1.88. The number of rotatable bonds is 7. The number of benzene rings is 1. The van der Waals surface area contributed by atoms with Crippen molar-refractivity contribution < 1.29 is 14.6 Å². The lowest BCUT2D eigenvalue weighted by molar-refractivity contribution is -0.136. The number of ether oxygens (including phenoxy) is 1. The minimum absolute atomic E-state index is 0.0602. The Morgan fingerprint density at radius 1 is 1.39 bits per heavy atom. The van der Waals surface area contributed by atoms with E-state index in [0.29, 0.717) is 6.61 Å². The molecule has 0 aromatic heterocycles. The molecule has 1 saturated carbocycles. The van der Waals surface area contributed by atoms with E-state index in [1.54, 1.807) is 12.1 Å². The molecule has 4 nitrogen and oxygen atoms in total. The van der Waals surface area contributed by atoms with Gasteiger partial charge in [0, 0.05) is 12.6 Å². The average Bonchev–Trinajstić information content (AvgIpc) is 3.14. The zero-order valence-electron chi connectivity index (χ0n) is 10.6. The van der Waals surface area contributed by atoms with Crippen LogP contribution in [0.5, 0.6) is 5.75 Å². The molecule has 18 heavy (non-hydrogen) atoms. The number of carbonyl (C=O) groups is 1. The summed E-state index contributed by atoms with van der Waals surface area (Å²) in [5.74, 6) is -0.0111. The smallest absolute Gasteiger partial charge is 0.307 e. The Morgan fingerprint density at radius 3 is 2.61 bits per heavy atom. The highest BCUT2D eigenvalue weighted by Gasteiger charge is 2.25. The van der Waals surface area contributed by atoms with Crippen LogP contribution in [0, 0.1) is 0 Å². The lowest BCUT2D eigenvalue weighted by Crippen LogP contribution is -2.26. The molecule has 0 spiro atoms. The molecule has 98 valence electrons. The van der Waals surface area contributed by atoms with Crippen molar-refractivity contribution in [1.29, 1.82) is 0 Å². The first kappa shape index (κ1) is 12.9. The normalized spacial score (nSPS) is 14.8. The van der Waals surface area contributed by atoms with Gasteiger partial charge in [-0.1, -0.05) is 12.1 Å². The van der Waals surface area contributed by atoms with E-state index in [-0.39, 0.29) is 6.42 Å². The summed E-state index contributed by atoms with van der Waals surface area (Å²) in [5, 5.41) is 8.66. The minimum atomic E-state index is -0.810. The van der Waals surface area contributed by atoms with Gasteiger partial charge in [-0.2, -0.15) is 0 Å². The summed E-state index contributed by atoms with van der Waals surface area (Å²) in [5.41, 5.74) is 0.796. The highest BCUT2D eigenvalue weighted by molar-refractivity contribution is 5.70. The van der Waals surface area contributed by atoms with E-state index < -0.39 is 5.97 Å². The van der Waals surface area contributed by atoms with Crippen molar-refractivity contribution in [1.82, 2.24) is 4.90 Å². The predicted molar refractivity (Wildman–Crippen MR) is 68.9 cm³/mol. The molecule has 0 bridgehead atoms. The SMILES string of the molecule is CN(CCOc1ccc(CC(=O)O)cc1)C1CC1. The molecule has 1 fully saturated rings. The van der Waals surface area contributed by atoms with Crippen molar-refractivity contribution >= 4 is 5.97 Å². The van der Waals surface area contributed by atoms with Crippen LogP contribution >= 0.6 is 0 Å². The second-order valence-electron chi connectivity index (χ2n) is 4.77. The monoisotopic (exact) mass is 249 g/mol. The van der Waals surface area contributed by atoms with Crippen LogP contribution in [0.3, 0.4) is 0 Å². The molecular weight excluding hydrogens is 230 g/mol. The third-order valence-corrected chi connectivity index (χ3v) is 3.16. The number of hydrogen-bond acceptors (Lipinski definition) is 3. The van der Waals surface area contributed by atoms with Crippen molar-refractivity contribution in [3.63, 3.8) is 0 Å². The summed E-state index contributed by atoms with van der Waals surface area (Å²) < 4.78 is 5.63. The molecule has 0 heterocycles. The molecule has 0 aliphatic heterocycles. The van der Waals surface area contributed by atoms with Crippen LogP contribution in [0.1, 0.15) is 18.4 Å². The number of nitrogens with zero attached hydrogens (tertiary/aromatic N) is 1. The summed E-state index contributed by atoms with van der Waals surface area (Å²) in [6.45, 7) is 1.60. The zero-order chi connectivity index (χ0) is 13.0. The number of carboxylic acid groups (broad SMARTS) is 1. The van der Waals surface area contributed by atoms with Crippen LogP contribution in [0.2, 0.25) is 0 Å². The molecule has 1 aliphatic carbocycles. The summed E-state index contributed by atoms with van der Waals surface area (Å²) >= 11 is 0. The van der Waals surface area contributed by atoms with Gasteiger partial charge >= 0.3 is 5.97 Å². The number of carboxylic acids is 1. The fourth-order valence-corrected chi connectivity index (χ4v) is 1.88. The fraction of sp³-hybridized carbons (Fsp3) is 0.500. The molecule has 0 amide bonds. The van der Waals surface area contributed by atoms with Gasteiger partial charge in [0.2, 0.25) is 0 Å². The Morgan fingerprint density at radius 2 is 2.06 bits per heavy atom. The molecular formula is C14H19NO3. The molecule has 1 aromatic rings. The van der Waals surface area contributed by atoms with Crippen molar-refractivity contribution in [2.45, 2.75) is 25.3 Å². The Kier molecular flexibility index (Phi) is 4.20. The van der Waals surface area contributed by atoms with Gasteiger partial charge in [-0.25, -0.2) is 0 Å². The second-order valence-corrected chi connectivity index (χ2v) is 4.77. The van der Waals surface area contributed by atoms with Crippen molar-refractivity contribution in [2.24, 2.45) is 0 Å². The molecule has 1 aliphatic rings. The van der Waals surface area contributed by atoms with Crippen molar-refractivity contribution in [2.75, 3.05) is 20.2 Å². The second kappa shape index (κ2) is 5.87. The first-order valence-electron chi connectivity index (χ1n) is 6.29. The van der Waals surface area contributed by atoms with Crippen LogP contribution in [0.25, 0.3) is 0 Å². The summed E-state index contributed by atoms with van der Waals surface area (Å²) in [6, 6.07) is 8.01. The maximum absolute atomic E-state index is 10.5. The molecule has 0 saturated heterocycles. The number of likely N-dealkylation sites (N-methyl/N-ethyl adjacent to an activating group) is 1. The molecule has 0 unspecified atom stereocenters. The molecule has 2 rings (SSSR count). The lowest BCUT2D eigenvalue weighted by atomic mass is 10.1. The summed E-state index contributed by atoms with van der Waals surface area (Å²) in [4.78, 5) is 12.9. The molecule has 0 atom stereocenters. The third-order valence-electron chi connectivity index (χ3n) is 3.16. The van der Waals surface area contributed by atoms with Crippen LogP contribution in [0.15, 0.2) is 24.3 Å². The molecule has 1 N–H and O–H groups in total. The molecule has 1 aromatic carbocycles. The van der Waals surface area contributed by atoms with E-state index in [4.69, 9.17) is 9.84 Å². The highest BCUT2D eigenvalue weighted by Crippen LogP contribution is 2.24. The quantitative estimate of drug-likeness (QED) is 0.800. The summed E-state index contributed by atoms with van der Waals surface area (Å²) in [6.07, 6.45) is 2.67. The topological polar surface area (TPSA) is 49.8 Å². The van der Waals surface area contributed by atoms with Crippen LogP contribution in [-0.2, 0) is 11.2 Å². The predicted octanol–water partition coefficient (Wildman–Crippen LogP) is 1.79. The Labute approximate surface area is 107 Å². The Balaban J connectivity index is 1.73. The maximum atomic E-state index is 10.5. The molecule has 0 radical (unpaired) electrons. The van der Waals surface area contributed by atoms with Crippen molar-refractivity contribution in [3.05, 3.63) is 29.8 Å². The van der Waals surface area contributed by atoms with Gasteiger partial charge in [-0.3, -0.25) is 4.79 Å². The maximum Gasteiger partial charge on any atom is 0.307 e. The molecule has 4 heteroatoms. The first-order chi connectivity index (χ1) is 8.65. The highest BCUT2D eigenvalue weighted by atomic mass is 16.5. The zero-order valence-corrected chi connectivity index (χ0v) is 10.6. The van der Waals surface area contributed by atoms with E-state index in [9.17, 15) is 4.79 Å². The van der Waals surface area contributed by atoms with Gasteiger partial charge in [0.05, 0.1) is 6.42 Å². The van der Waals surface area contributed by atoms with Crippen molar-refractivity contribution in [3.8, 4) is 5.75 Å². The van der Waals surface area contributed by atoms with Gasteiger partial charge in [-0.05, 0) is 37.6 Å². The Hall–Kier alpha value is -1.55. The average molecular weight is 249 g/mol. The lowest BCUT2D eigenvalue weighted by Gasteiger charge is -2.15. The van der Waals surface area contributed by atoms with Gasteiger partial charge in [0.1, 0.15) is 12.4 Å². The number of aliphatic carboxylic acids is 1. The number of hydrogen-bond donors (Lipinski definition) is 1. The van der Waals surface area contributed by atoms with Crippen LogP contribution in [0.4, 0.5) is 0 Å².